The zero-order valence-corrected chi connectivity index (χ0v) is 41.8. The van der Waals surface area contributed by atoms with Gasteiger partial charge in [-0.2, -0.15) is 0 Å². The highest BCUT2D eigenvalue weighted by atomic mass is 16.5. The molecule has 0 bridgehead atoms. The van der Waals surface area contributed by atoms with E-state index in [-0.39, 0.29) is 43.3 Å². The maximum absolute atomic E-state index is 13.9. The third kappa shape index (κ3) is 14.8. The molecular formula is C53H77N7O7. The molecule has 2 saturated heterocycles. The van der Waals surface area contributed by atoms with Gasteiger partial charge in [0.25, 0.3) is 12.4 Å². The number of likely N-dealkylation sites (N-methyl/N-ethyl adjacent to an activating group) is 1. The normalized spacial score (nSPS) is 14.3. The molecule has 2 fully saturated rings. The third-order valence-electron chi connectivity index (χ3n) is 11.8. The quantitative estimate of drug-likeness (QED) is 0.0669. The molecule has 2 aromatic heterocycles. The number of rotatable bonds is 18. The molecule has 4 aromatic rings. The molecule has 14 heteroatoms. The van der Waals surface area contributed by atoms with Crippen LogP contribution in [0.1, 0.15) is 105 Å². The number of carbonyl (C=O) groups excluding carboxylic acids is 5. The molecule has 6 rings (SSSR count). The molecule has 0 radical (unpaired) electrons. The van der Waals surface area contributed by atoms with E-state index in [1.807, 2.05) is 76.8 Å². The van der Waals surface area contributed by atoms with Crippen molar-refractivity contribution in [2.24, 2.45) is 11.3 Å². The van der Waals surface area contributed by atoms with Crippen molar-refractivity contribution in [2.45, 2.75) is 126 Å². The number of nitrogens with zero attached hydrogens (tertiary/aromatic N) is 5. The summed E-state index contributed by atoms with van der Waals surface area (Å²) in [7, 11) is 1.58. The van der Waals surface area contributed by atoms with Crippen LogP contribution in [0.3, 0.4) is 0 Å². The molecule has 2 unspecified atom stereocenters. The van der Waals surface area contributed by atoms with Crippen LogP contribution in [0.4, 0.5) is 0 Å². The van der Waals surface area contributed by atoms with Crippen molar-refractivity contribution in [1.82, 2.24) is 35.1 Å². The molecule has 4 heterocycles. The summed E-state index contributed by atoms with van der Waals surface area (Å²) in [6, 6.07) is 16.7. The van der Waals surface area contributed by atoms with Crippen LogP contribution < -0.4 is 10.7 Å². The Bertz CT molecular complexity index is 2220. The van der Waals surface area contributed by atoms with Crippen molar-refractivity contribution in [1.29, 1.82) is 0 Å². The highest BCUT2D eigenvalue weighted by Gasteiger charge is 2.33. The van der Waals surface area contributed by atoms with Crippen molar-refractivity contribution in [3.05, 3.63) is 90.3 Å². The summed E-state index contributed by atoms with van der Waals surface area (Å²) in [5.74, 6) is -0.679. The van der Waals surface area contributed by atoms with Gasteiger partial charge in [0.05, 0.1) is 24.6 Å². The fraction of sp³-hybridized carbons (Fsp3) is 0.509. The number of fused-ring (bicyclic) bond motifs is 1. The number of amides is 4. The fourth-order valence-corrected chi connectivity index (χ4v) is 8.71. The Balaban J connectivity index is 0.000000802. The van der Waals surface area contributed by atoms with Crippen molar-refractivity contribution in [3.8, 4) is 22.4 Å². The van der Waals surface area contributed by atoms with Crippen LogP contribution in [0.2, 0.25) is 0 Å². The van der Waals surface area contributed by atoms with Crippen LogP contribution in [0.15, 0.2) is 73.4 Å². The number of carbonyl (C=O) groups is 5. The Kier molecular flexibility index (Phi) is 22.9. The highest BCUT2D eigenvalue weighted by molar-refractivity contribution is 5.95. The lowest BCUT2D eigenvalue weighted by Gasteiger charge is -2.33. The first-order valence-electron chi connectivity index (χ1n) is 24.1. The van der Waals surface area contributed by atoms with Gasteiger partial charge in [0.15, 0.2) is 0 Å². The van der Waals surface area contributed by atoms with Gasteiger partial charge in [-0.05, 0) is 97.5 Å². The van der Waals surface area contributed by atoms with Gasteiger partial charge in [0.1, 0.15) is 12.1 Å². The van der Waals surface area contributed by atoms with E-state index in [9.17, 15) is 29.1 Å². The van der Waals surface area contributed by atoms with Crippen LogP contribution in [0.25, 0.3) is 33.3 Å². The summed E-state index contributed by atoms with van der Waals surface area (Å²) >= 11 is 0. The van der Waals surface area contributed by atoms with E-state index in [0.29, 0.717) is 44.6 Å². The number of likely N-dealkylation sites (tertiary alicyclic amines) is 1. The molecule has 67 heavy (non-hydrogen) atoms. The number of hydrogen-bond donors (Lipinski definition) is 3. The first-order valence-corrected chi connectivity index (χ1v) is 24.1. The van der Waals surface area contributed by atoms with Gasteiger partial charge in [0, 0.05) is 74.3 Å². The molecule has 0 saturated carbocycles. The molecule has 4 amide bonds. The number of benzene rings is 2. The van der Waals surface area contributed by atoms with Gasteiger partial charge in [-0.15, -0.1) is 0 Å². The SMILES string of the molecule is C=CC(=O)N1CCCC1.CC.CC.CCn1c(-c2cccnc2CO)c(CC(C)(C)COC=O)c2cc(-c3cccc(CC(NC(=O)C(C(C)C)N(C)C=O)C(=O)N4CCCCN4)c3)ccc21. The summed E-state index contributed by atoms with van der Waals surface area (Å²) in [4.78, 5) is 68.9. The van der Waals surface area contributed by atoms with Gasteiger partial charge >= 0.3 is 0 Å². The number of hydrogen-bond acceptors (Lipinski definition) is 9. The number of ether oxygens (including phenoxy) is 1. The highest BCUT2D eigenvalue weighted by Crippen LogP contribution is 2.40. The van der Waals surface area contributed by atoms with Crippen LogP contribution in [-0.4, -0.2) is 112 Å². The van der Waals surface area contributed by atoms with Gasteiger partial charge < -0.3 is 29.5 Å². The first kappa shape index (κ1) is 55.5. The van der Waals surface area contributed by atoms with Gasteiger partial charge in [-0.3, -0.25) is 34.0 Å². The Morgan fingerprint density at radius 2 is 1.66 bits per heavy atom. The largest absolute Gasteiger partial charge is 0.467 e. The average Bonchev–Trinajstić information content (AvgIpc) is 4.01. The molecular weight excluding hydrogens is 847 g/mol. The van der Waals surface area contributed by atoms with E-state index in [4.69, 9.17) is 4.74 Å². The second-order valence-corrected chi connectivity index (χ2v) is 17.5. The number of aliphatic hydroxyl groups excluding tert-OH is 1. The van der Waals surface area contributed by atoms with E-state index >= 15 is 0 Å². The molecule has 2 atom stereocenters. The number of aromatic nitrogens is 2. The smallest absolute Gasteiger partial charge is 0.293 e. The minimum Gasteiger partial charge on any atom is -0.467 e. The molecule has 2 aromatic carbocycles. The minimum atomic E-state index is -0.856. The summed E-state index contributed by atoms with van der Waals surface area (Å²) in [6.07, 6.45) is 8.68. The molecule has 14 nitrogen and oxygen atoms in total. The Hall–Kier alpha value is -5.86. The van der Waals surface area contributed by atoms with Gasteiger partial charge in [0.2, 0.25) is 18.2 Å². The number of nitrogens with one attached hydrogen (secondary N) is 2. The Labute approximate surface area is 399 Å². The predicted octanol–water partition coefficient (Wildman–Crippen LogP) is 7.74. The van der Waals surface area contributed by atoms with Gasteiger partial charge in [-0.25, -0.2) is 5.43 Å². The zero-order valence-electron chi connectivity index (χ0n) is 41.8. The van der Waals surface area contributed by atoms with Crippen molar-refractivity contribution in [3.63, 3.8) is 0 Å². The molecule has 366 valence electrons. The fourth-order valence-electron chi connectivity index (χ4n) is 8.71. The molecule has 0 aliphatic carbocycles. The average molecular weight is 924 g/mol. The Morgan fingerprint density at radius 3 is 2.25 bits per heavy atom. The third-order valence-corrected chi connectivity index (χ3v) is 11.8. The number of aliphatic hydroxyl groups is 1. The molecule has 2 aliphatic heterocycles. The maximum atomic E-state index is 13.9. The summed E-state index contributed by atoms with van der Waals surface area (Å²) in [5.41, 5.74) is 10.1. The summed E-state index contributed by atoms with van der Waals surface area (Å²) in [5, 5.41) is 15.9. The lowest BCUT2D eigenvalue weighted by Crippen LogP contribution is -2.58. The molecule has 0 spiro atoms. The number of pyridine rings is 1. The van der Waals surface area contributed by atoms with E-state index < -0.39 is 17.5 Å². The van der Waals surface area contributed by atoms with Crippen LogP contribution >= 0.6 is 0 Å². The second-order valence-electron chi connectivity index (χ2n) is 17.5. The van der Waals surface area contributed by atoms with Crippen LogP contribution in [-0.2, 0) is 54.7 Å². The Morgan fingerprint density at radius 1 is 0.970 bits per heavy atom. The van der Waals surface area contributed by atoms with Crippen molar-refractivity contribution < 1.29 is 33.8 Å². The van der Waals surface area contributed by atoms with E-state index in [0.717, 1.165) is 83.2 Å². The number of hydrazine groups is 1. The standard InChI is InChI=1S/C42H54N6O6.C7H11NO.2C2H6/c1-7-47-37-16-15-31(22-33(37)34(23-42(4,5)25-54-27-51)39(47)32-14-11-17-43-36(32)24-49)30-13-10-12-29(20-30)21-35(41(53)48-19-9-8-18-44-48)45-40(52)38(28(2)3)46(6)26-50;1-2-7(9)8-5-3-4-6-8;2*1-2/h10-17,20,22,26-28,35,38,44,49H,7-9,18-19,21,23-25H2,1-6H3,(H,45,52);2H,1,3-6H2;2*1-2H3. The molecule has 2 aliphatic rings. The maximum Gasteiger partial charge on any atom is 0.293 e. The topological polar surface area (TPSA) is 166 Å². The lowest BCUT2D eigenvalue weighted by atomic mass is 9.84. The molecule has 3 N–H and O–H groups in total. The van der Waals surface area contributed by atoms with Crippen molar-refractivity contribution >= 4 is 41.5 Å². The van der Waals surface area contributed by atoms with Crippen LogP contribution in [0, 0.1) is 11.3 Å². The summed E-state index contributed by atoms with van der Waals surface area (Å²) < 4.78 is 7.50. The van der Waals surface area contributed by atoms with E-state index in [1.54, 1.807) is 18.3 Å². The van der Waals surface area contributed by atoms with Crippen LogP contribution in [0.5, 0.6) is 0 Å². The lowest BCUT2D eigenvalue weighted by molar-refractivity contribution is -0.142. The predicted molar refractivity (Wildman–Crippen MR) is 267 cm³/mol. The van der Waals surface area contributed by atoms with Crippen molar-refractivity contribution in [2.75, 3.05) is 39.8 Å². The van der Waals surface area contributed by atoms with Gasteiger partial charge in [-0.1, -0.05) is 92.3 Å². The summed E-state index contributed by atoms with van der Waals surface area (Å²) in [6.45, 7) is 25.6. The zero-order chi connectivity index (χ0) is 49.7. The number of aryl methyl sites for hydroxylation is 1. The first-order chi connectivity index (χ1) is 32.3. The second kappa shape index (κ2) is 27.7. The minimum absolute atomic E-state index is 0.0764. The monoisotopic (exact) mass is 924 g/mol. The van der Waals surface area contributed by atoms with E-state index in [1.165, 1.54) is 11.0 Å². The van der Waals surface area contributed by atoms with E-state index in [2.05, 4.69) is 71.9 Å².